The van der Waals surface area contributed by atoms with Gasteiger partial charge in [-0.25, -0.2) is 33.8 Å². The lowest BCUT2D eigenvalue weighted by Gasteiger charge is -2.33. The molecule has 0 unspecified atom stereocenters. The lowest BCUT2D eigenvalue weighted by molar-refractivity contribution is 0.473. The Morgan fingerprint density at radius 2 is 2.03 bits per heavy atom. The average molecular weight is 523 g/mol. The van der Waals surface area contributed by atoms with Crippen LogP contribution < -0.4 is 20.3 Å². The van der Waals surface area contributed by atoms with Crippen molar-refractivity contribution in [2.75, 3.05) is 29.9 Å². The molecule has 6 rings (SSSR count). The van der Waals surface area contributed by atoms with Crippen molar-refractivity contribution in [2.24, 2.45) is 0 Å². The molecule has 1 saturated heterocycles. The highest BCUT2D eigenvalue weighted by Gasteiger charge is 2.22. The van der Waals surface area contributed by atoms with E-state index < -0.39 is 5.82 Å². The number of nitrogens with one attached hydrogen (secondary N) is 2. The molecular weight excluding hydrogens is 499 g/mol. The van der Waals surface area contributed by atoms with Crippen molar-refractivity contribution in [1.29, 1.82) is 0 Å². The summed E-state index contributed by atoms with van der Waals surface area (Å²) in [7, 11) is 0. The first kappa shape index (κ1) is 24.5. The maximum absolute atomic E-state index is 15.2. The molecule has 13 heteroatoms. The van der Waals surface area contributed by atoms with Crippen LogP contribution in [-0.2, 0) is 0 Å². The Balaban J connectivity index is 0.00000280. The summed E-state index contributed by atoms with van der Waals surface area (Å²) in [5, 5.41) is 10.5. The number of aromatic nitrogens is 7. The van der Waals surface area contributed by atoms with E-state index in [1.807, 2.05) is 6.92 Å². The Kier molecular flexibility index (Phi) is 6.68. The van der Waals surface area contributed by atoms with E-state index in [2.05, 4.69) is 47.5 Å². The van der Waals surface area contributed by atoms with Crippen LogP contribution in [0.25, 0.3) is 16.7 Å². The zero-order valence-corrected chi connectivity index (χ0v) is 20.9. The highest BCUT2D eigenvalue weighted by Crippen LogP contribution is 2.32. The Bertz CT molecular complexity index is 1580. The molecule has 1 atom stereocenters. The fraction of sp³-hybridized carbons (Fsp3) is 0.250. The number of hydrogen-bond donors (Lipinski definition) is 2. The van der Waals surface area contributed by atoms with E-state index in [1.54, 1.807) is 35.1 Å². The number of rotatable bonds is 5. The minimum atomic E-state index is -0.490. The third-order valence-corrected chi connectivity index (χ3v) is 6.12. The molecule has 5 aromatic rings. The van der Waals surface area contributed by atoms with Gasteiger partial charge in [-0.15, -0.1) is 12.4 Å². The molecule has 190 valence electrons. The second-order valence-electron chi connectivity index (χ2n) is 8.62. The van der Waals surface area contributed by atoms with Crippen molar-refractivity contribution in [3.63, 3.8) is 0 Å². The van der Waals surface area contributed by atoms with Crippen LogP contribution in [0, 0.1) is 12.7 Å². The van der Waals surface area contributed by atoms with Crippen molar-refractivity contribution in [3.8, 4) is 11.5 Å². The maximum Gasteiger partial charge on any atom is 0.226 e. The standard InChI is InChI=1S/C24H23FN10O.ClH/c1-14-7-18(17(25)9-20(14)36-16-3-5-35-21(8-16)29-13-31-35)32-23-22-19(28-12-30-23)11-27-24(33-22)34-6-4-26-10-15(34)2;/h3,5,7-9,11-13,15,26H,4,6,10H2,1-2H3,(H,28,30,32);1H/t15-;/m0./s1. The molecule has 0 aliphatic carbocycles. The van der Waals surface area contributed by atoms with E-state index in [0.29, 0.717) is 39.9 Å². The van der Waals surface area contributed by atoms with Crippen LogP contribution in [0.3, 0.4) is 0 Å². The van der Waals surface area contributed by atoms with E-state index in [-0.39, 0.29) is 24.1 Å². The number of nitrogens with zero attached hydrogens (tertiary/aromatic N) is 8. The van der Waals surface area contributed by atoms with Crippen molar-refractivity contribution in [3.05, 3.63) is 60.7 Å². The summed E-state index contributed by atoms with van der Waals surface area (Å²) in [6.45, 7) is 6.46. The van der Waals surface area contributed by atoms with Crippen LogP contribution in [0.15, 0.2) is 49.3 Å². The molecule has 2 N–H and O–H groups in total. The molecule has 1 aliphatic heterocycles. The molecule has 0 saturated carbocycles. The van der Waals surface area contributed by atoms with E-state index in [1.165, 1.54) is 18.7 Å². The van der Waals surface area contributed by atoms with Crippen molar-refractivity contribution in [1.82, 2.24) is 39.9 Å². The number of pyridine rings is 1. The summed E-state index contributed by atoms with van der Waals surface area (Å²) in [4.78, 5) is 24.1. The van der Waals surface area contributed by atoms with Gasteiger partial charge in [-0.2, -0.15) is 5.10 Å². The van der Waals surface area contributed by atoms with Gasteiger partial charge < -0.3 is 20.3 Å². The van der Waals surface area contributed by atoms with Gasteiger partial charge in [0.1, 0.15) is 41.0 Å². The van der Waals surface area contributed by atoms with Crippen LogP contribution >= 0.6 is 12.4 Å². The van der Waals surface area contributed by atoms with Crippen molar-refractivity contribution < 1.29 is 9.13 Å². The zero-order valence-electron chi connectivity index (χ0n) is 20.1. The fourth-order valence-electron chi connectivity index (χ4n) is 4.20. The van der Waals surface area contributed by atoms with E-state index in [4.69, 9.17) is 9.72 Å². The van der Waals surface area contributed by atoms with Crippen LogP contribution in [0.2, 0.25) is 0 Å². The van der Waals surface area contributed by atoms with Crippen molar-refractivity contribution >= 4 is 46.5 Å². The molecule has 4 aromatic heterocycles. The monoisotopic (exact) mass is 522 g/mol. The smallest absolute Gasteiger partial charge is 0.226 e. The van der Waals surface area contributed by atoms with Gasteiger partial charge in [0.05, 0.1) is 11.9 Å². The lowest BCUT2D eigenvalue weighted by atomic mass is 10.2. The van der Waals surface area contributed by atoms with Gasteiger partial charge in [-0.05, 0) is 31.5 Å². The highest BCUT2D eigenvalue weighted by atomic mass is 35.5. The minimum Gasteiger partial charge on any atom is -0.457 e. The van der Waals surface area contributed by atoms with Gasteiger partial charge in [0, 0.05) is 44.0 Å². The molecule has 1 fully saturated rings. The van der Waals surface area contributed by atoms with Gasteiger partial charge in [-0.1, -0.05) is 0 Å². The highest BCUT2D eigenvalue weighted by molar-refractivity contribution is 5.87. The molecule has 11 nitrogen and oxygen atoms in total. The minimum absolute atomic E-state index is 0. The molecule has 0 spiro atoms. The summed E-state index contributed by atoms with van der Waals surface area (Å²) in [6.07, 6.45) is 6.27. The fourth-order valence-corrected chi connectivity index (χ4v) is 4.20. The predicted octanol–water partition coefficient (Wildman–Crippen LogP) is 3.67. The molecule has 1 aromatic carbocycles. The number of piperazine rings is 1. The van der Waals surface area contributed by atoms with Crippen LogP contribution in [-0.4, -0.2) is 60.2 Å². The second-order valence-corrected chi connectivity index (χ2v) is 8.62. The molecule has 0 amide bonds. The van der Waals surface area contributed by atoms with Gasteiger partial charge in [0.25, 0.3) is 0 Å². The van der Waals surface area contributed by atoms with Crippen molar-refractivity contribution in [2.45, 2.75) is 19.9 Å². The van der Waals surface area contributed by atoms with E-state index in [0.717, 1.165) is 25.2 Å². The summed E-state index contributed by atoms with van der Waals surface area (Å²) in [5.41, 5.74) is 2.72. The van der Waals surface area contributed by atoms with Crippen LogP contribution in [0.5, 0.6) is 11.5 Å². The van der Waals surface area contributed by atoms with Gasteiger partial charge in [0.2, 0.25) is 5.95 Å². The van der Waals surface area contributed by atoms with Gasteiger partial charge in [-0.3, -0.25) is 0 Å². The second kappa shape index (κ2) is 10.1. The number of fused-ring (bicyclic) bond motifs is 2. The first-order chi connectivity index (χ1) is 17.5. The SMILES string of the molecule is Cc1cc(Nc2ncnc3cnc(N4CCNC[C@@H]4C)nc23)c(F)cc1Oc1ccn2ncnc2c1.Cl. The van der Waals surface area contributed by atoms with E-state index in [9.17, 15) is 0 Å². The Labute approximate surface area is 217 Å². The average Bonchev–Trinajstić information content (AvgIpc) is 3.35. The number of anilines is 3. The molecule has 0 radical (unpaired) electrons. The van der Waals surface area contributed by atoms with Gasteiger partial charge >= 0.3 is 0 Å². The zero-order chi connectivity index (χ0) is 24.6. The first-order valence-electron chi connectivity index (χ1n) is 11.5. The summed E-state index contributed by atoms with van der Waals surface area (Å²) in [5.74, 6) is 1.43. The normalized spacial score (nSPS) is 15.5. The quantitative estimate of drug-likeness (QED) is 0.354. The largest absolute Gasteiger partial charge is 0.457 e. The van der Waals surface area contributed by atoms with E-state index >= 15 is 4.39 Å². The molecule has 5 heterocycles. The number of benzene rings is 1. The number of hydrogen-bond acceptors (Lipinski definition) is 10. The summed E-state index contributed by atoms with van der Waals surface area (Å²) >= 11 is 0. The third kappa shape index (κ3) is 4.80. The molecular formula is C24H24ClFN10O. The predicted molar refractivity (Wildman–Crippen MR) is 140 cm³/mol. The Morgan fingerprint density at radius 1 is 1.14 bits per heavy atom. The number of aryl methyl sites for hydroxylation is 1. The Morgan fingerprint density at radius 3 is 2.89 bits per heavy atom. The Hall–Kier alpha value is -4.16. The maximum atomic E-state index is 15.2. The number of ether oxygens (including phenoxy) is 1. The lowest BCUT2D eigenvalue weighted by Crippen LogP contribution is -2.50. The number of halogens is 2. The molecule has 37 heavy (non-hydrogen) atoms. The van der Waals surface area contributed by atoms with Crippen LogP contribution in [0.1, 0.15) is 12.5 Å². The molecule has 1 aliphatic rings. The third-order valence-electron chi connectivity index (χ3n) is 6.12. The summed E-state index contributed by atoms with van der Waals surface area (Å²) < 4.78 is 22.7. The summed E-state index contributed by atoms with van der Waals surface area (Å²) in [6, 6.07) is 6.75. The molecule has 0 bridgehead atoms. The first-order valence-corrected chi connectivity index (χ1v) is 11.5. The van der Waals surface area contributed by atoms with Gasteiger partial charge in [0.15, 0.2) is 11.5 Å². The van der Waals surface area contributed by atoms with Crippen LogP contribution in [0.4, 0.5) is 21.8 Å². The topological polar surface area (TPSA) is 118 Å².